The first kappa shape index (κ1) is 14.6. The first-order chi connectivity index (χ1) is 10.1. The Balaban J connectivity index is 1.57. The highest BCUT2D eigenvalue weighted by Gasteiger charge is 2.23. The van der Waals surface area contributed by atoms with E-state index in [-0.39, 0.29) is 17.5 Å². The van der Waals surface area contributed by atoms with Crippen LogP contribution in [0, 0.1) is 0 Å². The van der Waals surface area contributed by atoms with Gasteiger partial charge in [0.15, 0.2) is 4.96 Å². The van der Waals surface area contributed by atoms with Crippen LogP contribution in [0.1, 0.15) is 12.1 Å². The second kappa shape index (κ2) is 6.17. The SMILES string of the molecule is N[C@@H]1CCN(C(=O)CSCc2cc(=O)n3ccsc3n2)C1. The first-order valence-corrected chi connectivity index (χ1v) is 8.74. The monoisotopic (exact) mass is 324 g/mol. The number of thioether (sulfide) groups is 1. The number of nitrogens with two attached hydrogens (primary N) is 1. The van der Waals surface area contributed by atoms with Gasteiger partial charge in [-0.05, 0) is 6.42 Å². The number of carbonyl (C=O) groups excluding carboxylic acids is 1. The fraction of sp³-hybridized carbons (Fsp3) is 0.462. The molecule has 21 heavy (non-hydrogen) atoms. The summed E-state index contributed by atoms with van der Waals surface area (Å²) in [6, 6.07) is 1.64. The quantitative estimate of drug-likeness (QED) is 0.888. The molecule has 1 aliphatic heterocycles. The Morgan fingerprint density at radius 2 is 2.43 bits per heavy atom. The number of likely N-dealkylation sites (tertiary alicyclic amines) is 1. The highest BCUT2D eigenvalue weighted by atomic mass is 32.2. The van der Waals surface area contributed by atoms with Crippen molar-refractivity contribution >= 4 is 34.0 Å². The number of amides is 1. The van der Waals surface area contributed by atoms with Crippen LogP contribution in [0.2, 0.25) is 0 Å². The number of thiazole rings is 1. The second-order valence-electron chi connectivity index (χ2n) is 5.02. The fourth-order valence-corrected chi connectivity index (χ4v) is 3.86. The lowest BCUT2D eigenvalue weighted by Crippen LogP contribution is -2.33. The molecule has 1 atom stereocenters. The summed E-state index contributed by atoms with van der Waals surface area (Å²) in [4.78, 5) is 30.7. The van der Waals surface area contributed by atoms with Gasteiger partial charge in [-0.3, -0.25) is 14.0 Å². The van der Waals surface area contributed by atoms with E-state index >= 15 is 0 Å². The Morgan fingerprint density at radius 1 is 1.57 bits per heavy atom. The van der Waals surface area contributed by atoms with E-state index in [9.17, 15) is 9.59 Å². The van der Waals surface area contributed by atoms with Crippen molar-refractivity contribution in [1.29, 1.82) is 0 Å². The Morgan fingerprint density at radius 3 is 3.19 bits per heavy atom. The third-order valence-corrected chi connectivity index (χ3v) is 5.12. The molecule has 0 aromatic carbocycles. The van der Waals surface area contributed by atoms with Crippen molar-refractivity contribution in [3.63, 3.8) is 0 Å². The molecule has 2 aromatic heterocycles. The Kier molecular flexibility index (Phi) is 4.27. The van der Waals surface area contributed by atoms with Crippen molar-refractivity contribution < 1.29 is 4.79 Å². The molecule has 112 valence electrons. The van der Waals surface area contributed by atoms with Gasteiger partial charge in [0.1, 0.15) is 0 Å². The zero-order valence-corrected chi connectivity index (χ0v) is 13.0. The van der Waals surface area contributed by atoms with Gasteiger partial charge in [0.2, 0.25) is 5.91 Å². The predicted molar refractivity (Wildman–Crippen MR) is 84.7 cm³/mol. The molecule has 3 heterocycles. The number of hydrogen-bond acceptors (Lipinski definition) is 6. The van der Waals surface area contributed by atoms with E-state index < -0.39 is 0 Å². The van der Waals surface area contributed by atoms with Gasteiger partial charge in [-0.15, -0.1) is 23.1 Å². The molecule has 8 heteroatoms. The van der Waals surface area contributed by atoms with Gasteiger partial charge in [-0.1, -0.05) is 0 Å². The standard InChI is InChI=1S/C13H16N4O2S2/c14-9-1-2-16(6-9)12(19)8-20-7-10-5-11(18)17-3-4-21-13(17)15-10/h3-5,9H,1-2,6-8,14H2/t9-/m1/s1. The molecule has 0 spiro atoms. The molecule has 1 saturated heterocycles. The van der Waals surface area contributed by atoms with Gasteiger partial charge in [0.05, 0.1) is 11.4 Å². The van der Waals surface area contributed by atoms with Crippen LogP contribution >= 0.6 is 23.1 Å². The Labute approximate surface area is 130 Å². The molecule has 2 aromatic rings. The van der Waals surface area contributed by atoms with Crippen LogP contribution < -0.4 is 11.3 Å². The summed E-state index contributed by atoms with van der Waals surface area (Å²) in [5.74, 6) is 1.08. The maximum absolute atomic E-state index is 12.0. The van der Waals surface area contributed by atoms with E-state index in [0.717, 1.165) is 18.7 Å². The molecule has 6 nitrogen and oxygen atoms in total. The van der Waals surface area contributed by atoms with Crippen LogP contribution in [0.15, 0.2) is 22.4 Å². The first-order valence-electron chi connectivity index (χ1n) is 6.70. The van der Waals surface area contributed by atoms with E-state index in [1.807, 2.05) is 10.3 Å². The minimum Gasteiger partial charge on any atom is -0.340 e. The minimum absolute atomic E-state index is 0.0753. The lowest BCUT2D eigenvalue weighted by molar-refractivity contribution is -0.127. The lowest BCUT2D eigenvalue weighted by Gasteiger charge is -2.15. The third kappa shape index (κ3) is 3.28. The van der Waals surface area contributed by atoms with Gasteiger partial charge < -0.3 is 10.6 Å². The predicted octanol–water partition coefficient (Wildman–Crippen LogP) is 0.549. The molecule has 0 unspecified atom stereocenters. The van der Waals surface area contributed by atoms with Crippen LogP contribution in [-0.4, -0.2) is 45.1 Å². The fourth-order valence-electron chi connectivity index (χ4n) is 2.31. The van der Waals surface area contributed by atoms with E-state index in [0.29, 0.717) is 23.0 Å². The minimum atomic E-state index is -0.0753. The van der Waals surface area contributed by atoms with Crippen LogP contribution in [0.25, 0.3) is 4.96 Å². The van der Waals surface area contributed by atoms with Gasteiger partial charge >= 0.3 is 0 Å². The van der Waals surface area contributed by atoms with Crippen molar-refractivity contribution in [2.45, 2.75) is 18.2 Å². The number of rotatable bonds is 4. The Bertz CT molecular complexity index is 712. The summed E-state index contributed by atoms with van der Waals surface area (Å²) in [5.41, 5.74) is 6.44. The normalized spacial score (nSPS) is 18.5. The Hall–Kier alpha value is -1.38. The van der Waals surface area contributed by atoms with Gasteiger partial charge in [-0.25, -0.2) is 4.98 Å². The number of fused-ring (bicyclic) bond motifs is 1. The summed E-state index contributed by atoms with van der Waals surface area (Å²) >= 11 is 2.91. The molecule has 1 fully saturated rings. The average Bonchev–Trinajstić information content (AvgIpc) is 3.07. The molecule has 0 aliphatic carbocycles. The average molecular weight is 324 g/mol. The van der Waals surface area contributed by atoms with Crippen LogP contribution in [0.5, 0.6) is 0 Å². The molecule has 2 N–H and O–H groups in total. The third-order valence-electron chi connectivity index (χ3n) is 3.41. The number of nitrogens with zero attached hydrogens (tertiary/aromatic N) is 3. The van der Waals surface area contributed by atoms with Crippen LogP contribution in [0.3, 0.4) is 0 Å². The largest absolute Gasteiger partial charge is 0.340 e. The molecular weight excluding hydrogens is 308 g/mol. The van der Waals surface area contributed by atoms with Gasteiger partial charge in [0.25, 0.3) is 5.56 Å². The van der Waals surface area contributed by atoms with E-state index in [2.05, 4.69) is 4.98 Å². The van der Waals surface area contributed by atoms with Gasteiger partial charge in [-0.2, -0.15) is 0 Å². The van der Waals surface area contributed by atoms with Crippen molar-refractivity contribution in [3.8, 4) is 0 Å². The lowest BCUT2D eigenvalue weighted by atomic mass is 10.3. The molecule has 1 amide bonds. The van der Waals surface area contributed by atoms with E-state index in [1.54, 1.807) is 6.20 Å². The highest BCUT2D eigenvalue weighted by molar-refractivity contribution is 7.99. The number of carbonyl (C=O) groups is 1. The molecule has 0 bridgehead atoms. The summed E-state index contributed by atoms with van der Waals surface area (Å²) in [5, 5.41) is 1.83. The maximum Gasteiger partial charge on any atom is 0.258 e. The topological polar surface area (TPSA) is 80.7 Å². The zero-order chi connectivity index (χ0) is 14.8. The summed E-state index contributed by atoms with van der Waals surface area (Å²) in [6.07, 6.45) is 2.59. The summed E-state index contributed by atoms with van der Waals surface area (Å²) in [6.45, 7) is 1.40. The molecule has 1 aliphatic rings. The van der Waals surface area contributed by atoms with E-state index in [4.69, 9.17) is 5.73 Å². The number of aromatic nitrogens is 2. The van der Waals surface area contributed by atoms with Crippen LogP contribution in [-0.2, 0) is 10.5 Å². The van der Waals surface area contributed by atoms with Gasteiger partial charge in [0, 0.05) is 42.5 Å². The molecule has 0 saturated carbocycles. The van der Waals surface area contributed by atoms with Crippen molar-refractivity contribution in [3.05, 3.63) is 33.7 Å². The zero-order valence-electron chi connectivity index (χ0n) is 11.4. The number of hydrogen-bond donors (Lipinski definition) is 1. The smallest absolute Gasteiger partial charge is 0.258 e. The molecule has 3 rings (SSSR count). The van der Waals surface area contributed by atoms with Crippen molar-refractivity contribution in [1.82, 2.24) is 14.3 Å². The second-order valence-corrected chi connectivity index (χ2v) is 6.88. The van der Waals surface area contributed by atoms with Crippen LogP contribution in [0.4, 0.5) is 0 Å². The molecular formula is C13H16N4O2S2. The summed E-state index contributed by atoms with van der Waals surface area (Å²) in [7, 11) is 0. The van der Waals surface area contributed by atoms with Crippen molar-refractivity contribution in [2.75, 3.05) is 18.8 Å². The molecule has 0 radical (unpaired) electrons. The highest BCUT2D eigenvalue weighted by Crippen LogP contribution is 2.14. The summed E-state index contributed by atoms with van der Waals surface area (Å²) < 4.78 is 1.52. The maximum atomic E-state index is 12.0. The van der Waals surface area contributed by atoms with E-state index in [1.165, 1.54) is 33.6 Å². The van der Waals surface area contributed by atoms with Crippen molar-refractivity contribution in [2.24, 2.45) is 5.73 Å².